The van der Waals surface area contributed by atoms with Gasteiger partial charge in [0.15, 0.2) is 0 Å². The van der Waals surface area contributed by atoms with Crippen molar-refractivity contribution in [2.75, 3.05) is 0 Å². The number of nitrogens with zero attached hydrogens (tertiary/aromatic N) is 1. The van der Waals surface area contributed by atoms with Crippen molar-refractivity contribution in [2.24, 2.45) is 5.73 Å². The van der Waals surface area contributed by atoms with Crippen LogP contribution in [-0.4, -0.2) is 0 Å². The molecule has 0 heterocycles. The van der Waals surface area contributed by atoms with Gasteiger partial charge in [-0.1, -0.05) is 84.5 Å². The zero-order valence-electron chi connectivity index (χ0n) is 20.7. The van der Waals surface area contributed by atoms with Gasteiger partial charge in [-0.05, 0) is 84.6 Å². The van der Waals surface area contributed by atoms with E-state index < -0.39 is 5.41 Å². The second-order valence-electron chi connectivity index (χ2n) is 9.86. The first-order valence-electron chi connectivity index (χ1n) is 12.5. The minimum absolute atomic E-state index is 0.429. The lowest BCUT2D eigenvalue weighted by molar-refractivity contribution is 0.654. The molecule has 0 spiro atoms. The first kappa shape index (κ1) is 22.9. The lowest BCUT2D eigenvalue weighted by Gasteiger charge is -2.39. The molecule has 0 saturated heterocycles. The van der Waals surface area contributed by atoms with Gasteiger partial charge in [-0.15, -0.1) is 0 Å². The minimum Gasteiger partial charge on any atom is -0.402 e. The summed E-state index contributed by atoms with van der Waals surface area (Å²) in [6.45, 7) is 8.74. The summed E-state index contributed by atoms with van der Waals surface area (Å²) >= 11 is 0. The molecule has 0 amide bonds. The first-order valence-corrected chi connectivity index (χ1v) is 12.5. The monoisotopic (exact) mass is 456 g/mol. The first-order chi connectivity index (χ1) is 17.0. The van der Waals surface area contributed by atoms with Gasteiger partial charge in [-0.3, -0.25) is 0 Å². The summed E-state index contributed by atoms with van der Waals surface area (Å²) in [7, 11) is 0. The maximum absolute atomic E-state index is 9.83. The maximum Gasteiger partial charge on any atom is 0.0950 e. The van der Waals surface area contributed by atoms with Gasteiger partial charge in [-0.25, -0.2) is 0 Å². The van der Waals surface area contributed by atoms with E-state index in [0.717, 1.165) is 48.1 Å². The van der Waals surface area contributed by atoms with Gasteiger partial charge >= 0.3 is 0 Å². The minimum atomic E-state index is -0.429. The molecule has 0 fully saturated rings. The standard InChI is InChI=1S/C33H32N2/c1-4-9-26(18-23(3)27-10-6-8-13-32(27)35)33(25-16-14-22(2)15-17-25)30-12-7-5-11-28(30)29-19-24(21-34)20-31(29)33/h4-7,9-12,14,16,18-19H,3,8,13,15,17,20,35H2,1-2H3/b9-4-,26-18+. The molecule has 1 aromatic rings. The van der Waals surface area contributed by atoms with E-state index >= 15 is 0 Å². The van der Waals surface area contributed by atoms with Crippen LogP contribution in [0.3, 0.4) is 0 Å². The fourth-order valence-electron chi connectivity index (χ4n) is 6.11. The summed E-state index contributed by atoms with van der Waals surface area (Å²) in [5.74, 6) is 0. The molecule has 0 aromatic heterocycles. The van der Waals surface area contributed by atoms with Crippen molar-refractivity contribution in [3.8, 4) is 6.07 Å². The Kier molecular flexibility index (Phi) is 5.95. The van der Waals surface area contributed by atoms with E-state index in [1.807, 2.05) is 0 Å². The van der Waals surface area contributed by atoms with Crippen LogP contribution < -0.4 is 5.73 Å². The van der Waals surface area contributed by atoms with Crippen LogP contribution in [0.4, 0.5) is 0 Å². The zero-order chi connectivity index (χ0) is 24.6. The molecule has 2 N–H and O–H groups in total. The molecule has 0 bridgehead atoms. The SMILES string of the molecule is C=C(/C=C(\C=C/C)C1(C2=CC=C(C)CC2)C2=C(C=C(C#N)C2)c2ccccc21)C1=C(N)CCC=C1. The lowest BCUT2D eigenvalue weighted by atomic mass is 9.62. The van der Waals surface area contributed by atoms with E-state index in [4.69, 9.17) is 5.73 Å². The number of hydrogen-bond acceptors (Lipinski definition) is 2. The van der Waals surface area contributed by atoms with E-state index in [-0.39, 0.29) is 0 Å². The van der Waals surface area contributed by atoms with Crippen LogP contribution in [-0.2, 0) is 5.41 Å². The molecular formula is C33H32N2. The molecule has 174 valence electrons. The van der Waals surface area contributed by atoms with E-state index in [0.29, 0.717) is 6.42 Å². The predicted molar refractivity (Wildman–Crippen MR) is 146 cm³/mol. The van der Waals surface area contributed by atoms with Gasteiger partial charge in [0, 0.05) is 17.7 Å². The van der Waals surface area contributed by atoms with Crippen molar-refractivity contribution in [1.29, 1.82) is 5.26 Å². The molecule has 0 aliphatic heterocycles. The van der Waals surface area contributed by atoms with E-state index in [2.05, 4.69) is 99.4 Å². The summed E-state index contributed by atoms with van der Waals surface area (Å²) in [5, 5.41) is 9.83. The quantitative estimate of drug-likeness (QED) is 0.459. The highest BCUT2D eigenvalue weighted by Crippen LogP contribution is 2.60. The average molecular weight is 457 g/mol. The molecule has 4 aliphatic rings. The Hall–Kier alpha value is -3.83. The Bertz CT molecular complexity index is 1400. The smallest absolute Gasteiger partial charge is 0.0950 e. The summed E-state index contributed by atoms with van der Waals surface area (Å²) < 4.78 is 0. The molecule has 0 radical (unpaired) electrons. The van der Waals surface area contributed by atoms with Crippen LogP contribution in [0.25, 0.3) is 5.57 Å². The van der Waals surface area contributed by atoms with Gasteiger partial charge in [0.25, 0.3) is 0 Å². The van der Waals surface area contributed by atoms with Crippen molar-refractivity contribution < 1.29 is 0 Å². The Morgan fingerprint density at radius 2 is 2.00 bits per heavy atom. The molecule has 1 aromatic carbocycles. The highest BCUT2D eigenvalue weighted by Gasteiger charge is 2.50. The predicted octanol–water partition coefficient (Wildman–Crippen LogP) is 7.83. The van der Waals surface area contributed by atoms with Crippen molar-refractivity contribution >= 4 is 5.57 Å². The fraction of sp³-hybridized carbons (Fsp3) is 0.242. The summed E-state index contributed by atoms with van der Waals surface area (Å²) in [4.78, 5) is 0. The Balaban J connectivity index is 1.80. The van der Waals surface area contributed by atoms with Crippen molar-refractivity contribution in [2.45, 2.75) is 51.4 Å². The van der Waals surface area contributed by atoms with Crippen molar-refractivity contribution in [1.82, 2.24) is 0 Å². The number of allylic oxidation sites excluding steroid dienone is 17. The zero-order valence-corrected chi connectivity index (χ0v) is 20.7. The fourth-order valence-corrected chi connectivity index (χ4v) is 6.11. The third-order valence-corrected chi connectivity index (χ3v) is 7.73. The van der Waals surface area contributed by atoms with Gasteiger partial charge < -0.3 is 5.73 Å². The topological polar surface area (TPSA) is 49.8 Å². The molecule has 2 heteroatoms. The number of hydrogen-bond donors (Lipinski definition) is 1. The highest BCUT2D eigenvalue weighted by molar-refractivity contribution is 5.94. The molecular weight excluding hydrogens is 424 g/mol. The second-order valence-corrected chi connectivity index (χ2v) is 9.86. The average Bonchev–Trinajstić information content (AvgIpc) is 3.41. The van der Waals surface area contributed by atoms with E-state index in [1.54, 1.807) is 0 Å². The second kappa shape index (κ2) is 9.08. The van der Waals surface area contributed by atoms with Crippen LogP contribution in [0.15, 0.2) is 124 Å². The van der Waals surface area contributed by atoms with E-state index in [9.17, 15) is 5.26 Å². The van der Waals surface area contributed by atoms with Gasteiger partial charge in [0.2, 0.25) is 0 Å². The largest absolute Gasteiger partial charge is 0.402 e. The summed E-state index contributed by atoms with van der Waals surface area (Å²) in [6, 6.07) is 11.2. The van der Waals surface area contributed by atoms with Crippen LogP contribution in [0, 0.1) is 11.3 Å². The third kappa shape index (κ3) is 3.63. The lowest BCUT2D eigenvalue weighted by Crippen LogP contribution is -2.32. The molecule has 1 atom stereocenters. The number of nitriles is 1. The highest BCUT2D eigenvalue weighted by atomic mass is 14.6. The van der Waals surface area contributed by atoms with Gasteiger partial charge in [0.05, 0.1) is 11.5 Å². The summed E-state index contributed by atoms with van der Waals surface area (Å²) in [6.07, 6.45) is 22.1. The molecule has 4 aliphatic carbocycles. The molecule has 1 unspecified atom stereocenters. The Morgan fingerprint density at radius 3 is 2.71 bits per heavy atom. The van der Waals surface area contributed by atoms with Crippen molar-refractivity contribution in [3.63, 3.8) is 0 Å². The molecule has 5 rings (SSSR count). The van der Waals surface area contributed by atoms with E-state index in [1.165, 1.54) is 39.0 Å². The normalized spacial score (nSPS) is 23.7. The molecule has 2 nitrogen and oxygen atoms in total. The van der Waals surface area contributed by atoms with Gasteiger partial charge in [0.1, 0.15) is 0 Å². The molecule has 35 heavy (non-hydrogen) atoms. The van der Waals surface area contributed by atoms with Crippen LogP contribution in [0.1, 0.15) is 57.1 Å². The Morgan fingerprint density at radius 1 is 1.17 bits per heavy atom. The molecule has 0 saturated carbocycles. The van der Waals surface area contributed by atoms with Gasteiger partial charge in [-0.2, -0.15) is 5.26 Å². The van der Waals surface area contributed by atoms with Crippen LogP contribution in [0.5, 0.6) is 0 Å². The van der Waals surface area contributed by atoms with Crippen LogP contribution >= 0.6 is 0 Å². The number of nitrogens with two attached hydrogens (primary N) is 1. The van der Waals surface area contributed by atoms with Crippen LogP contribution in [0.2, 0.25) is 0 Å². The maximum atomic E-state index is 9.83. The number of rotatable bonds is 5. The van der Waals surface area contributed by atoms with Crippen molar-refractivity contribution in [3.05, 3.63) is 135 Å². The summed E-state index contributed by atoms with van der Waals surface area (Å²) in [5.41, 5.74) is 18.7. The Labute approximate surface area is 209 Å². The number of benzene rings is 1. The third-order valence-electron chi connectivity index (χ3n) is 7.73. The number of fused-ring (bicyclic) bond motifs is 2.